The molecule has 1 aromatic rings. The summed E-state index contributed by atoms with van der Waals surface area (Å²) in [5.41, 5.74) is 6.28. The van der Waals surface area contributed by atoms with Crippen LogP contribution in [0.5, 0.6) is 0 Å². The Hall–Kier alpha value is -2.24. The third-order valence-electron chi connectivity index (χ3n) is 4.42. The van der Waals surface area contributed by atoms with E-state index in [4.69, 9.17) is 5.73 Å². The Morgan fingerprint density at radius 3 is 2.64 bits per heavy atom. The molecule has 1 amide bonds. The Bertz CT molecular complexity index is 687. The Morgan fingerprint density at radius 2 is 2.05 bits per heavy atom. The van der Waals surface area contributed by atoms with Crippen molar-refractivity contribution in [3.05, 3.63) is 35.6 Å². The van der Waals surface area contributed by atoms with Crippen LogP contribution in [0.3, 0.4) is 0 Å². The van der Waals surface area contributed by atoms with Gasteiger partial charge in [0.15, 0.2) is 5.78 Å². The summed E-state index contributed by atoms with van der Waals surface area (Å²) in [5.74, 6) is 0.0406. The molecule has 116 valence electrons. The van der Waals surface area contributed by atoms with Crippen molar-refractivity contribution < 1.29 is 9.59 Å². The molecule has 0 bridgehead atoms. The second-order valence-corrected chi connectivity index (χ2v) is 7.03. The Balaban J connectivity index is 1.77. The highest BCUT2D eigenvalue weighted by atomic mass is 16.2. The highest BCUT2D eigenvalue weighted by molar-refractivity contribution is 6.00. The number of amides is 1. The number of nitrogens with zero attached hydrogens (tertiary/aromatic N) is 3. The van der Waals surface area contributed by atoms with E-state index in [1.54, 1.807) is 17.2 Å². The number of nitrogens with two attached hydrogens (primary N) is 1. The molecule has 0 saturated carbocycles. The maximum absolute atomic E-state index is 12.4. The topological polar surface area (TPSA) is 89.2 Å². The van der Waals surface area contributed by atoms with E-state index in [0.29, 0.717) is 25.2 Å². The Kier molecular flexibility index (Phi) is 3.09. The molecule has 0 atom stereocenters. The van der Waals surface area contributed by atoms with Gasteiger partial charge < -0.3 is 10.6 Å². The van der Waals surface area contributed by atoms with Gasteiger partial charge in [-0.2, -0.15) is 0 Å². The third kappa shape index (κ3) is 2.28. The lowest BCUT2D eigenvalue weighted by Crippen LogP contribution is -2.61. The molecule has 1 saturated heterocycles. The standard InChI is InChI=1S/C16H20N4O2/c1-10-4-5-18-13(19-10)14(22)20-8-16(9-20)6-11(17)12(21)15(2,3)7-16/h4-6H,7-9,17H2,1-3H3. The van der Waals surface area contributed by atoms with E-state index in [2.05, 4.69) is 9.97 Å². The number of carbonyl (C=O) groups is 2. The SMILES string of the molecule is Cc1ccnc(C(=O)N2CC3(C=C(N)C(=O)C(C)(C)C3)C2)n1. The van der Waals surface area contributed by atoms with Crippen LogP contribution < -0.4 is 5.73 Å². The lowest BCUT2D eigenvalue weighted by molar-refractivity contribution is -0.127. The first-order valence-electron chi connectivity index (χ1n) is 7.35. The second kappa shape index (κ2) is 4.63. The van der Waals surface area contributed by atoms with Crippen LogP contribution in [0.1, 0.15) is 36.6 Å². The fourth-order valence-electron chi connectivity index (χ4n) is 3.55. The van der Waals surface area contributed by atoms with E-state index >= 15 is 0 Å². The van der Waals surface area contributed by atoms with Crippen LogP contribution in [0.25, 0.3) is 0 Å². The number of Topliss-reactive ketones (excluding diaryl/α,β-unsaturated/α-hetero) is 1. The van der Waals surface area contributed by atoms with Crippen LogP contribution in [-0.2, 0) is 4.79 Å². The van der Waals surface area contributed by atoms with Crippen LogP contribution >= 0.6 is 0 Å². The first-order valence-corrected chi connectivity index (χ1v) is 7.35. The largest absolute Gasteiger partial charge is 0.396 e. The minimum Gasteiger partial charge on any atom is -0.396 e. The molecule has 0 radical (unpaired) electrons. The molecular formula is C16H20N4O2. The van der Waals surface area contributed by atoms with Crippen LogP contribution in [0, 0.1) is 17.8 Å². The van der Waals surface area contributed by atoms with Crippen molar-refractivity contribution in [2.75, 3.05) is 13.1 Å². The number of rotatable bonds is 1. The highest BCUT2D eigenvalue weighted by Gasteiger charge is 2.52. The molecule has 1 aliphatic carbocycles. The van der Waals surface area contributed by atoms with Crippen LogP contribution in [0.2, 0.25) is 0 Å². The zero-order valence-electron chi connectivity index (χ0n) is 13.1. The first-order chi connectivity index (χ1) is 10.2. The normalized spacial score (nSPS) is 22.2. The highest BCUT2D eigenvalue weighted by Crippen LogP contribution is 2.47. The predicted octanol–water partition coefficient (Wildman–Crippen LogP) is 1.07. The molecule has 2 heterocycles. The molecule has 0 aromatic carbocycles. The van der Waals surface area contributed by atoms with Crippen molar-refractivity contribution >= 4 is 11.7 Å². The van der Waals surface area contributed by atoms with Gasteiger partial charge in [0, 0.05) is 35.8 Å². The third-order valence-corrected chi connectivity index (χ3v) is 4.42. The summed E-state index contributed by atoms with van der Waals surface area (Å²) in [6, 6.07) is 1.76. The maximum Gasteiger partial charge on any atom is 0.291 e. The Morgan fingerprint density at radius 1 is 1.36 bits per heavy atom. The molecule has 2 aliphatic rings. The zero-order chi connectivity index (χ0) is 16.1. The molecular weight excluding hydrogens is 280 g/mol. The van der Waals surface area contributed by atoms with Crippen molar-refractivity contribution in [3.63, 3.8) is 0 Å². The molecule has 6 heteroatoms. The molecule has 1 aliphatic heterocycles. The van der Waals surface area contributed by atoms with Gasteiger partial charge >= 0.3 is 0 Å². The molecule has 6 nitrogen and oxygen atoms in total. The van der Waals surface area contributed by atoms with Gasteiger partial charge in [0.2, 0.25) is 5.82 Å². The monoisotopic (exact) mass is 300 g/mol. The number of ketones is 1. The minimum absolute atomic E-state index is 0.00933. The quantitative estimate of drug-likeness (QED) is 0.838. The lowest BCUT2D eigenvalue weighted by Gasteiger charge is -2.53. The van der Waals surface area contributed by atoms with Gasteiger partial charge in [-0.1, -0.05) is 13.8 Å². The summed E-state index contributed by atoms with van der Waals surface area (Å²) in [6.45, 7) is 6.76. The van der Waals surface area contributed by atoms with E-state index < -0.39 is 5.41 Å². The van der Waals surface area contributed by atoms with E-state index in [1.807, 2.05) is 26.8 Å². The van der Waals surface area contributed by atoms with Crippen molar-refractivity contribution in [2.24, 2.45) is 16.6 Å². The number of likely N-dealkylation sites (tertiary alicyclic amines) is 1. The molecule has 22 heavy (non-hydrogen) atoms. The van der Waals surface area contributed by atoms with Crippen molar-refractivity contribution in [3.8, 4) is 0 Å². The van der Waals surface area contributed by atoms with Gasteiger partial charge in [0.25, 0.3) is 5.91 Å². The number of hydrogen-bond acceptors (Lipinski definition) is 5. The maximum atomic E-state index is 12.4. The second-order valence-electron chi connectivity index (χ2n) is 7.03. The van der Waals surface area contributed by atoms with Crippen molar-refractivity contribution in [2.45, 2.75) is 27.2 Å². The summed E-state index contributed by atoms with van der Waals surface area (Å²) in [6.07, 6.45) is 4.13. The predicted molar refractivity (Wildman–Crippen MR) is 80.8 cm³/mol. The Labute approximate surface area is 129 Å². The molecule has 1 aromatic heterocycles. The van der Waals surface area contributed by atoms with E-state index in [-0.39, 0.29) is 22.9 Å². The number of aryl methyl sites for hydroxylation is 1. The number of aromatic nitrogens is 2. The van der Waals surface area contributed by atoms with Gasteiger partial charge in [-0.15, -0.1) is 0 Å². The minimum atomic E-state index is -0.478. The van der Waals surface area contributed by atoms with Gasteiger partial charge in [0.1, 0.15) is 0 Å². The van der Waals surface area contributed by atoms with E-state index in [1.165, 1.54) is 0 Å². The van der Waals surface area contributed by atoms with Gasteiger partial charge in [0.05, 0.1) is 5.70 Å². The van der Waals surface area contributed by atoms with Crippen molar-refractivity contribution in [1.29, 1.82) is 0 Å². The summed E-state index contributed by atoms with van der Waals surface area (Å²) in [4.78, 5) is 34.4. The first kappa shape index (κ1) is 14.7. The fourth-order valence-corrected chi connectivity index (χ4v) is 3.55. The molecule has 2 N–H and O–H groups in total. The summed E-state index contributed by atoms with van der Waals surface area (Å²) >= 11 is 0. The summed E-state index contributed by atoms with van der Waals surface area (Å²) < 4.78 is 0. The molecule has 0 unspecified atom stereocenters. The molecule has 1 fully saturated rings. The van der Waals surface area contributed by atoms with E-state index in [9.17, 15) is 9.59 Å². The average molecular weight is 300 g/mol. The van der Waals surface area contributed by atoms with Crippen molar-refractivity contribution in [1.82, 2.24) is 14.9 Å². The molecule has 1 spiro atoms. The fraction of sp³-hybridized carbons (Fsp3) is 0.500. The van der Waals surface area contributed by atoms with Crippen LogP contribution in [0.15, 0.2) is 24.0 Å². The van der Waals surface area contributed by atoms with Gasteiger partial charge in [-0.3, -0.25) is 9.59 Å². The number of carbonyl (C=O) groups excluding carboxylic acids is 2. The average Bonchev–Trinajstić information content (AvgIpc) is 2.40. The zero-order valence-corrected chi connectivity index (χ0v) is 13.1. The summed E-state index contributed by atoms with van der Waals surface area (Å²) in [7, 11) is 0. The molecule has 3 rings (SSSR count). The van der Waals surface area contributed by atoms with Gasteiger partial charge in [-0.25, -0.2) is 9.97 Å². The number of allylic oxidation sites excluding steroid dienone is 1. The lowest BCUT2D eigenvalue weighted by atomic mass is 9.62. The summed E-state index contributed by atoms with van der Waals surface area (Å²) in [5, 5.41) is 0. The smallest absolute Gasteiger partial charge is 0.291 e. The van der Waals surface area contributed by atoms with E-state index in [0.717, 1.165) is 5.69 Å². The van der Waals surface area contributed by atoms with Crippen LogP contribution in [0.4, 0.5) is 0 Å². The van der Waals surface area contributed by atoms with Gasteiger partial charge in [-0.05, 0) is 25.5 Å². The van der Waals surface area contributed by atoms with Crippen LogP contribution in [-0.4, -0.2) is 39.6 Å². The number of hydrogen-bond donors (Lipinski definition) is 1.